The summed E-state index contributed by atoms with van der Waals surface area (Å²) >= 11 is 0. The fourth-order valence-corrected chi connectivity index (χ4v) is 1.51. The van der Waals surface area contributed by atoms with Gasteiger partial charge in [0, 0.05) is 20.2 Å². The quantitative estimate of drug-likeness (QED) is 0.666. The number of nitrogens with one attached hydrogen (secondary N) is 2. The zero-order chi connectivity index (χ0) is 11.3. The van der Waals surface area contributed by atoms with Crippen LogP contribution in [-0.2, 0) is 9.53 Å². The van der Waals surface area contributed by atoms with E-state index in [0.29, 0.717) is 19.5 Å². The zero-order valence-electron chi connectivity index (χ0n) is 9.12. The number of methoxy groups -OCH3 is 1. The molecule has 0 radical (unpaired) electrons. The van der Waals surface area contributed by atoms with Gasteiger partial charge in [-0.25, -0.2) is 0 Å². The lowest BCUT2D eigenvalue weighted by Gasteiger charge is -2.11. The maximum atomic E-state index is 11.6. The molecule has 0 aromatic rings. The fourth-order valence-electron chi connectivity index (χ4n) is 1.51. The summed E-state index contributed by atoms with van der Waals surface area (Å²) in [5.41, 5.74) is 0. The summed E-state index contributed by atoms with van der Waals surface area (Å²) in [6.45, 7) is 2.90. The molecule has 15 heavy (non-hydrogen) atoms. The normalized spacial score (nSPS) is 27.0. The smallest absolute Gasteiger partial charge is 0.237 e. The van der Waals surface area contributed by atoms with E-state index in [1.54, 1.807) is 14.0 Å². The summed E-state index contributed by atoms with van der Waals surface area (Å²) < 4.78 is 5.14. The van der Waals surface area contributed by atoms with Crippen LogP contribution in [-0.4, -0.2) is 38.3 Å². The van der Waals surface area contributed by atoms with Crippen molar-refractivity contribution in [1.29, 1.82) is 5.26 Å². The number of hydrogen-bond donors (Lipinski definition) is 2. The Balaban J connectivity index is 2.27. The molecule has 5 heteroatoms. The van der Waals surface area contributed by atoms with Crippen molar-refractivity contribution in [3.8, 4) is 6.07 Å². The van der Waals surface area contributed by atoms with Gasteiger partial charge in [0.05, 0.1) is 24.1 Å². The van der Waals surface area contributed by atoms with E-state index in [1.165, 1.54) is 0 Å². The lowest BCUT2D eigenvalue weighted by molar-refractivity contribution is -0.123. The van der Waals surface area contributed by atoms with Crippen LogP contribution in [0.3, 0.4) is 0 Å². The summed E-state index contributed by atoms with van der Waals surface area (Å²) in [5.74, 6) is -0.190. The molecule has 0 saturated carbocycles. The molecule has 0 aromatic heterocycles. The molecule has 3 atom stereocenters. The Morgan fingerprint density at radius 2 is 2.53 bits per heavy atom. The summed E-state index contributed by atoms with van der Waals surface area (Å²) in [5, 5.41) is 14.4. The predicted octanol–water partition coefficient (Wildman–Crippen LogP) is -0.361. The van der Waals surface area contributed by atoms with E-state index >= 15 is 0 Å². The predicted molar refractivity (Wildman–Crippen MR) is 55.0 cm³/mol. The summed E-state index contributed by atoms with van der Waals surface area (Å²) in [7, 11) is 1.64. The fraction of sp³-hybridized carbons (Fsp3) is 0.800. The van der Waals surface area contributed by atoms with Crippen molar-refractivity contribution >= 4 is 5.91 Å². The molecular weight excluding hydrogens is 194 g/mol. The number of hydrogen-bond acceptors (Lipinski definition) is 4. The summed E-state index contributed by atoms with van der Waals surface area (Å²) in [6, 6.07) is 1.89. The first-order valence-corrected chi connectivity index (χ1v) is 5.11. The van der Waals surface area contributed by atoms with Gasteiger partial charge in [-0.05, 0) is 13.3 Å². The summed E-state index contributed by atoms with van der Waals surface area (Å²) in [6.07, 6.45) is 0.817. The number of nitriles is 1. The SMILES string of the molecule is COC1CNC(C(=O)NCC(C)C#N)C1. The van der Waals surface area contributed by atoms with Gasteiger partial charge in [-0.2, -0.15) is 5.26 Å². The molecule has 84 valence electrons. The molecular formula is C10H17N3O2. The minimum atomic E-state index is -0.180. The molecule has 1 aliphatic heterocycles. The largest absolute Gasteiger partial charge is 0.380 e. The van der Waals surface area contributed by atoms with Crippen LogP contribution < -0.4 is 10.6 Å². The van der Waals surface area contributed by atoms with Gasteiger partial charge in [0.1, 0.15) is 0 Å². The van der Waals surface area contributed by atoms with Crippen LogP contribution >= 0.6 is 0 Å². The molecule has 1 heterocycles. The van der Waals surface area contributed by atoms with Crippen molar-refractivity contribution in [1.82, 2.24) is 10.6 Å². The van der Waals surface area contributed by atoms with Gasteiger partial charge in [0.2, 0.25) is 5.91 Å². The highest BCUT2D eigenvalue weighted by molar-refractivity contribution is 5.82. The van der Waals surface area contributed by atoms with E-state index in [4.69, 9.17) is 10.00 Å². The molecule has 1 amide bonds. The first-order chi connectivity index (χ1) is 7.17. The highest BCUT2D eigenvalue weighted by Crippen LogP contribution is 2.09. The number of carbonyl (C=O) groups excluding carboxylic acids is 1. The second kappa shape index (κ2) is 5.69. The monoisotopic (exact) mass is 211 g/mol. The molecule has 0 aliphatic carbocycles. The van der Waals surface area contributed by atoms with Crippen molar-refractivity contribution in [2.24, 2.45) is 5.92 Å². The Bertz CT molecular complexity index is 262. The molecule has 0 bridgehead atoms. The zero-order valence-corrected chi connectivity index (χ0v) is 9.12. The molecule has 1 rings (SSSR count). The minimum Gasteiger partial charge on any atom is -0.380 e. The lowest BCUT2D eigenvalue weighted by Crippen LogP contribution is -2.41. The summed E-state index contributed by atoms with van der Waals surface area (Å²) in [4.78, 5) is 11.6. The van der Waals surface area contributed by atoms with E-state index in [1.807, 2.05) is 0 Å². The third kappa shape index (κ3) is 3.50. The van der Waals surface area contributed by atoms with Gasteiger partial charge in [-0.15, -0.1) is 0 Å². The van der Waals surface area contributed by atoms with Crippen LogP contribution in [0.5, 0.6) is 0 Å². The van der Waals surface area contributed by atoms with Crippen LogP contribution in [0, 0.1) is 17.2 Å². The highest BCUT2D eigenvalue weighted by atomic mass is 16.5. The number of amides is 1. The first kappa shape index (κ1) is 12.0. The van der Waals surface area contributed by atoms with Crippen LogP contribution in [0.15, 0.2) is 0 Å². The Morgan fingerprint density at radius 1 is 1.80 bits per heavy atom. The van der Waals surface area contributed by atoms with Crippen molar-refractivity contribution in [2.75, 3.05) is 20.2 Å². The molecule has 0 aromatic carbocycles. The highest BCUT2D eigenvalue weighted by Gasteiger charge is 2.29. The topological polar surface area (TPSA) is 74.2 Å². The third-order valence-electron chi connectivity index (χ3n) is 2.54. The molecule has 3 unspecified atom stereocenters. The van der Waals surface area contributed by atoms with Gasteiger partial charge in [0.15, 0.2) is 0 Å². The maximum Gasteiger partial charge on any atom is 0.237 e. The Kier molecular flexibility index (Phi) is 4.53. The van der Waals surface area contributed by atoms with E-state index in [-0.39, 0.29) is 24.0 Å². The van der Waals surface area contributed by atoms with Crippen molar-refractivity contribution < 1.29 is 9.53 Å². The number of nitrogens with zero attached hydrogens (tertiary/aromatic N) is 1. The molecule has 1 aliphatic rings. The molecule has 1 saturated heterocycles. The van der Waals surface area contributed by atoms with E-state index in [0.717, 1.165) is 0 Å². The standard InChI is InChI=1S/C10H17N3O2/c1-7(4-11)5-13-10(14)9-3-8(15-2)6-12-9/h7-9,12H,3,5-6H2,1-2H3,(H,13,14). The molecule has 2 N–H and O–H groups in total. The maximum absolute atomic E-state index is 11.6. The van der Waals surface area contributed by atoms with E-state index < -0.39 is 0 Å². The first-order valence-electron chi connectivity index (χ1n) is 5.11. The Hall–Kier alpha value is -1.12. The second-order valence-electron chi connectivity index (χ2n) is 3.83. The van der Waals surface area contributed by atoms with Crippen molar-refractivity contribution in [2.45, 2.75) is 25.5 Å². The van der Waals surface area contributed by atoms with Gasteiger partial charge in [0.25, 0.3) is 0 Å². The van der Waals surface area contributed by atoms with Crippen molar-refractivity contribution in [3.05, 3.63) is 0 Å². The number of carbonyl (C=O) groups is 1. The molecule has 5 nitrogen and oxygen atoms in total. The van der Waals surface area contributed by atoms with Crippen LogP contribution in [0.2, 0.25) is 0 Å². The second-order valence-corrected chi connectivity index (χ2v) is 3.83. The van der Waals surface area contributed by atoms with Crippen LogP contribution in [0.1, 0.15) is 13.3 Å². The van der Waals surface area contributed by atoms with Crippen LogP contribution in [0.4, 0.5) is 0 Å². The Morgan fingerprint density at radius 3 is 3.07 bits per heavy atom. The van der Waals surface area contributed by atoms with Gasteiger partial charge >= 0.3 is 0 Å². The minimum absolute atomic E-state index is 0.0448. The average molecular weight is 211 g/mol. The number of ether oxygens (including phenoxy) is 1. The van der Waals surface area contributed by atoms with E-state index in [9.17, 15) is 4.79 Å². The lowest BCUT2D eigenvalue weighted by atomic mass is 10.1. The average Bonchev–Trinajstić information content (AvgIpc) is 2.73. The van der Waals surface area contributed by atoms with Gasteiger partial charge in [-0.3, -0.25) is 4.79 Å². The van der Waals surface area contributed by atoms with E-state index in [2.05, 4.69) is 16.7 Å². The van der Waals surface area contributed by atoms with Gasteiger partial charge in [-0.1, -0.05) is 0 Å². The third-order valence-corrected chi connectivity index (χ3v) is 2.54. The Labute approximate surface area is 89.8 Å². The van der Waals surface area contributed by atoms with Gasteiger partial charge < -0.3 is 15.4 Å². The van der Waals surface area contributed by atoms with Crippen molar-refractivity contribution in [3.63, 3.8) is 0 Å². The molecule has 1 fully saturated rings. The van der Waals surface area contributed by atoms with Crippen LogP contribution in [0.25, 0.3) is 0 Å². The molecule has 0 spiro atoms. The number of rotatable bonds is 4.